The van der Waals surface area contributed by atoms with E-state index >= 15 is 0 Å². The van der Waals surface area contributed by atoms with Crippen molar-refractivity contribution in [3.05, 3.63) is 12.7 Å². The molecule has 2 heteroatoms. The summed E-state index contributed by atoms with van der Waals surface area (Å²) in [5, 5.41) is 19.0. The van der Waals surface area contributed by atoms with Crippen LogP contribution in [-0.4, -0.2) is 22.4 Å². The maximum Gasteiger partial charge on any atom is 0.0836 e. The van der Waals surface area contributed by atoms with Gasteiger partial charge >= 0.3 is 0 Å². The molecule has 0 fully saturated rings. The van der Waals surface area contributed by atoms with Crippen LogP contribution in [0.2, 0.25) is 0 Å². The maximum absolute atomic E-state index is 9.61. The Balaban J connectivity index is 3.95. The number of rotatable bonds is 6. The van der Waals surface area contributed by atoms with Gasteiger partial charge in [0.25, 0.3) is 0 Å². The third-order valence-corrected chi connectivity index (χ3v) is 2.33. The first-order chi connectivity index (χ1) is 5.67. The SMILES string of the molecule is C=CCC(O)C(O)C(CC)CC. The van der Waals surface area contributed by atoms with Gasteiger partial charge in [0.2, 0.25) is 0 Å². The van der Waals surface area contributed by atoms with Crippen LogP contribution < -0.4 is 0 Å². The van der Waals surface area contributed by atoms with Gasteiger partial charge in [0.05, 0.1) is 12.2 Å². The summed E-state index contributed by atoms with van der Waals surface area (Å²) >= 11 is 0. The van der Waals surface area contributed by atoms with Gasteiger partial charge in [-0.1, -0.05) is 32.8 Å². The second-order valence-electron chi connectivity index (χ2n) is 3.16. The molecule has 0 aliphatic rings. The van der Waals surface area contributed by atoms with Crippen LogP contribution >= 0.6 is 0 Å². The lowest BCUT2D eigenvalue weighted by Gasteiger charge is -2.24. The van der Waals surface area contributed by atoms with E-state index in [0.717, 1.165) is 12.8 Å². The molecule has 2 atom stereocenters. The molecule has 72 valence electrons. The van der Waals surface area contributed by atoms with Crippen molar-refractivity contribution in [2.75, 3.05) is 0 Å². The molecule has 0 aromatic carbocycles. The predicted octanol–water partition coefficient (Wildman–Crippen LogP) is 1.72. The summed E-state index contributed by atoms with van der Waals surface area (Å²) in [6.45, 7) is 7.57. The lowest BCUT2D eigenvalue weighted by Crippen LogP contribution is -2.32. The fourth-order valence-corrected chi connectivity index (χ4v) is 1.40. The molecule has 0 heterocycles. The molecule has 0 radical (unpaired) electrons. The van der Waals surface area contributed by atoms with E-state index in [2.05, 4.69) is 6.58 Å². The number of aliphatic hydroxyl groups is 2. The Bertz CT molecular complexity index is 119. The standard InChI is InChI=1S/C10H20O2/c1-4-7-9(11)10(12)8(5-2)6-3/h4,8-12H,1,5-7H2,2-3H3. The molecule has 0 rings (SSSR count). The van der Waals surface area contributed by atoms with Gasteiger partial charge in [0, 0.05) is 0 Å². The zero-order valence-electron chi connectivity index (χ0n) is 8.03. The molecule has 0 aromatic heterocycles. The van der Waals surface area contributed by atoms with E-state index in [1.54, 1.807) is 6.08 Å². The molecule has 0 bridgehead atoms. The monoisotopic (exact) mass is 172 g/mol. The van der Waals surface area contributed by atoms with Crippen LogP contribution in [0.1, 0.15) is 33.1 Å². The first-order valence-corrected chi connectivity index (χ1v) is 4.64. The van der Waals surface area contributed by atoms with Gasteiger partial charge in [0.1, 0.15) is 0 Å². The van der Waals surface area contributed by atoms with E-state index < -0.39 is 12.2 Å². The Hall–Kier alpha value is -0.340. The molecular weight excluding hydrogens is 152 g/mol. The second-order valence-corrected chi connectivity index (χ2v) is 3.16. The van der Waals surface area contributed by atoms with Crippen molar-refractivity contribution in [3.8, 4) is 0 Å². The third kappa shape index (κ3) is 3.37. The van der Waals surface area contributed by atoms with Gasteiger partial charge in [-0.3, -0.25) is 0 Å². The van der Waals surface area contributed by atoms with Crippen LogP contribution in [0.25, 0.3) is 0 Å². The smallest absolute Gasteiger partial charge is 0.0836 e. The second kappa shape index (κ2) is 6.21. The van der Waals surface area contributed by atoms with Crippen molar-refractivity contribution >= 4 is 0 Å². The first kappa shape index (κ1) is 11.7. The molecule has 0 aliphatic heterocycles. The van der Waals surface area contributed by atoms with Crippen molar-refractivity contribution in [2.24, 2.45) is 5.92 Å². The van der Waals surface area contributed by atoms with Crippen LogP contribution in [0.4, 0.5) is 0 Å². The average Bonchev–Trinajstić information content (AvgIpc) is 2.07. The topological polar surface area (TPSA) is 40.5 Å². The maximum atomic E-state index is 9.61. The summed E-state index contributed by atoms with van der Waals surface area (Å²) in [7, 11) is 0. The van der Waals surface area contributed by atoms with Crippen LogP contribution in [0.15, 0.2) is 12.7 Å². The minimum absolute atomic E-state index is 0.208. The number of hydrogen-bond acceptors (Lipinski definition) is 2. The average molecular weight is 172 g/mol. The third-order valence-electron chi connectivity index (χ3n) is 2.33. The molecule has 2 unspecified atom stereocenters. The molecule has 2 N–H and O–H groups in total. The van der Waals surface area contributed by atoms with Gasteiger partial charge in [-0.25, -0.2) is 0 Å². The fourth-order valence-electron chi connectivity index (χ4n) is 1.40. The molecular formula is C10H20O2. The largest absolute Gasteiger partial charge is 0.390 e. The summed E-state index contributed by atoms with van der Waals surface area (Å²) in [5.74, 6) is 0.208. The van der Waals surface area contributed by atoms with Crippen molar-refractivity contribution in [1.82, 2.24) is 0 Å². The van der Waals surface area contributed by atoms with E-state index in [-0.39, 0.29) is 5.92 Å². The van der Waals surface area contributed by atoms with Gasteiger partial charge < -0.3 is 10.2 Å². The van der Waals surface area contributed by atoms with Crippen LogP contribution in [0, 0.1) is 5.92 Å². The molecule has 0 amide bonds. The van der Waals surface area contributed by atoms with E-state index in [4.69, 9.17) is 0 Å². The highest BCUT2D eigenvalue weighted by molar-refractivity contribution is 4.80. The normalized spacial score (nSPS) is 16.1. The first-order valence-electron chi connectivity index (χ1n) is 4.64. The predicted molar refractivity (Wildman–Crippen MR) is 50.9 cm³/mol. The van der Waals surface area contributed by atoms with E-state index in [9.17, 15) is 10.2 Å². The Kier molecular flexibility index (Phi) is 6.03. The molecule has 0 aromatic rings. The summed E-state index contributed by atoms with van der Waals surface area (Å²) in [6.07, 6.45) is 2.68. The highest BCUT2D eigenvalue weighted by Crippen LogP contribution is 2.17. The fraction of sp³-hybridized carbons (Fsp3) is 0.800. The zero-order valence-corrected chi connectivity index (χ0v) is 8.03. The van der Waals surface area contributed by atoms with Gasteiger partial charge in [-0.05, 0) is 12.3 Å². The van der Waals surface area contributed by atoms with Crippen molar-refractivity contribution in [1.29, 1.82) is 0 Å². The minimum atomic E-state index is -0.646. The Labute approximate surface area is 74.9 Å². The summed E-state index contributed by atoms with van der Waals surface area (Å²) in [6, 6.07) is 0. The van der Waals surface area contributed by atoms with E-state index in [1.165, 1.54) is 0 Å². The lowest BCUT2D eigenvalue weighted by molar-refractivity contribution is -0.0174. The quantitative estimate of drug-likeness (QED) is 0.599. The van der Waals surface area contributed by atoms with Crippen LogP contribution in [-0.2, 0) is 0 Å². The number of aliphatic hydroxyl groups excluding tert-OH is 2. The summed E-state index contributed by atoms with van der Waals surface area (Å²) in [4.78, 5) is 0. The number of hydrogen-bond donors (Lipinski definition) is 2. The van der Waals surface area contributed by atoms with Gasteiger partial charge in [0.15, 0.2) is 0 Å². The minimum Gasteiger partial charge on any atom is -0.390 e. The van der Waals surface area contributed by atoms with E-state index in [0.29, 0.717) is 6.42 Å². The van der Waals surface area contributed by atoms with Gasteiger partial charge in [-0.2, -0.15) is 0 Å². The Morgan fingerprint density at radius 2 is 1.75 bits per heavy atom. The van der Waals surface area contributed by atoms with Crippen molar-refractivity contribution < 1.29 is 10.2 Å². The summed E-state index contributed by atoms with van der Waals surface area (Å²) < 4.78 is 0. The molecule has 0 spiro atoms. The van der Waals surface area contributed by atoms with Crippen molar-refractivity contribution in [2.45, 2.75) is 45.3 Å². The highest BCUT2D eigenvalue weighted by atomic mass is 16.3. The lowest BCUT2D eigenvalue weighted by atomic mass is 9.91. The molecule has 0 saturated heterocycles. The summed E-state index contributed by atoms with van der Waals surface area (Å²) in [5.41, 5.74) is 0. The Morgan fingerprint density at radius 3 is 2.08 bits per heavy atom. The van der Waals surface area contributed by atoms with Crippen LogP contribution in [0.3, 0.4) is 0 Å². The molecule has 2 nitrogen and oxygen atoms in total. The molecule has 12 heavy (non-hydrogen) atoms. The zero-order chi connectivity index (χ0) is 9.56. The van der Waals surface area contributed by atoms with Crippen molar-refractivity contribution in [3.63, 3.8) is 0 Å². The highest BCUT2D eigenvalue weighted by Gasteiger charge is 2.22. The molecule has 0 aliphatic carbocycles. The van der Waals surface area contributed by atoms with E-state index in [1.807, 2.05) is 13.8 Å². The molecule has 0 saturated carbocycles. The Morgan fingerprint density at radius 1 is 1.25 bits per heavy atom. The van der Waals surface area contributed by atoms with Gasteiger partial charge in [-0.15, -0.1) is 6.58 Å². The van der Waals surface area contributed by atoms with Crippen LogP contribution in [0.5, 0.6) is 0 Å².